The zero-order valence-electron chi connectivity index (χ0n) is 14.7. The number of nitrogens with one attached hydrogen (secondary N) is 2. The van der Waals surface area contributed by atoms with Gasteiger partial charge in [0.2, 0.25) is 0 Å². The fourth-order valence-electron chi connectivity index (χ4n) is 3.27. The predicted octanol–water partition coefficient (Wildman–Crippen LogP) is 3.10. The van der Waals surface area contributed by atoms with Gasteiger partial charge in [0.1, 0.15) is 5.69 Å². The van der Waals surface area contributed by atoms with Gasteiger partial charge >= 0.3 is 0 Å². The SMILES string of the molecule is CC(C)NC(=O)c1ccc(NC2CCOC(C3CC3)C2)c([N+](=O)[O-])c1. The van der Waals surface area contributed by atoms with Crippen molar-refractivity contribution in [1.29, 1.82) is 0 Å². The highest BCUT2D eigenvalue weighted by Crippen LogP contribution is 2.39. The summed E-state index contributed by atoms with van der Waals surface area (Å²) in [7, 11) is 0. The van der Waals surface area contributed by atoms with Crippen molar-refractivity contribution in [3.8, 4) is 0 Å². The molecule has 0 spiro atoms. The fraction of sp³-hybridized carbons (Fsp3) is 0.611. The second kappa shape index (κ2) is 7.39. The predicted molar refractivity (Wildman–Crippen MR) is 94.8 cm³/mol. The molecule has 2 unspecified atom stereocenters. The number of anilines is 1. The molecule has 7 nitrogen and oxygen atoms in total. The first-order valence-electron chi connectivity index (χ1n) is 8.91. The summed E-state index contributed by atoms with van der Waals surface area (Å²) in [4.78, 5) is 23.1. The smallest absolute Gasteiger partial charge is 0.293 e. The molecule has 2 fully saturated rings. The summed E-state index contributed by atoms with van der Waals surface area (Å²) in [5, 5.41) is 17.5. The number of hydrogen-bond donors (Lipinski definition) is 2. The van der Waals surface area contributed by atoms with Gasteiger partial charge in [-0.3, -0.25) is 14.9 Å². The van der Waals surface area contributed by atoms with E-state index in [0.29, 0.717) is 23.8 Å². The van der Waals surface area contributed by atoms with E-state index in [9.17, 15) is 14.9 Å². The Bertz CT molecular complexity index is 658. The Morgan fingerprint density at radius 2 is 2.08 bits per heavy atom. The first kappa shape index (κ1) is 17.7. The first-order valence-corrected chi connectivity index (χ1v) is 8.91. The van der Waals surface area contributed by atoms with Crippen LogP contribution >= 0.6 is 0 Å². The molecule has 1 saturated heterocycles. The van der Waals surface area contributed by atoms with E-state index < -0.39 is 4.92 Å². The zero-order valence-corrected chi connectivity index (χ0v) is 14.7. The average molecular weight is 347 g/mol. The van der Waals surface area contributed by atoms with Crippen LogP contribution in [-0.4, -0.2) is 35.6 Å². The minimum atomic E-state index is -0.438. The van der Waals surface area contributed by atoms with Crippen molar-refractivity contribution in [3.63, 3.8) is 0 Å². The van der Waals surface area contributed by atoms with Crippen molar-refractivity contribution < 1.29 is 14.5 Å². The van der Waals surface area contributed by atoms with Gasteiger partial charge in [-0.15, -0.1) is 0 Å². The quantitative estimate of drug-likeness (QED) is 0.609. The van der Waals surface area contributed by atoms with Gasteiger partial charge < -0.3 is 15.4 Å². The summed E-state index contributed by atoms with van der Waals surface area (Å²) in [5.74, 6) is 0.353. The van der Waals surface area contributed by atoms with E-state index >= 15 is 0 Å². The van der Waals surface area contributed by atoms with Gasteiger partial charge in [-0.1, -0.05) is 0 Å². The molecule has 2 aliphatic rings. The number of nitro groups is 1. The maximum atomic E-state index is 12.1. The highest BCUT2D eigenvalue weighted by atomic mass is 16.6. The highest BCUT2D eigenvalue weighted by molar-refractivity contribution is 5.95. The van der Waals surface area contributed by atoms with Gasteiger partial charge in [0.15, 0.2) is 0 Å². The standard InChI is InChI=1S/C18H25N3O4/c1-11(2)19-18(22)13-5-6-15(16(9-13)21(23)24)20-14-7-8-25-17(10-14)12-3-4-12/h5-6,9,11-12,14,17,20H,3-4,7-8,10H2,1-2H3,(H,19,22). The second-order valence-corrected chi connectivity index (χ2v) is 7.23. The molecular formula is C18H25N3O4. The molecule has 0 radical (unpaired) electrons. The van der Waals surface area contributed by atoms with Gasteiger partial charge in [0.25, 0.3) is 11.6 Å². The number of hydrogen-bond acceptors (Lipinski definition) is 5. The second-order valence-electron chi connectivity index (χ2n) is 7.23. The van der Waals surface area contributed by atoms with Gasteiger partial charge in [-0.05, 0) is 57.6 Å². The Morgan fingerprint density at radius 1 is 1.32 bits per heavy atom. The molecule has 1 aromatic carbocycles. The molecule has 0 bridgehead atoms. The number of carbonyl (C=O) groups excluding carboxylic acids is 1. The van der Waals surface area contributed by atoms with E-state index in [1.807, 2.05) is 13.8 Å². The van der Waals surface area contributed by atoms with Gasteiger partial charge in [-0.25, -0.2) is 0 Å². The summed E-state index contributed by atoms with van der Waals surface area (Å²) in [6, 6.07) is 4.75. The van der Waals surface area contributed by atoms with Gasteiger partial charge in [0.05, 0.1) is 11.0 Å². The monoisotopic (exact) mass is 347 g/mol. The molecule has 1 aliphatic heterocycles. The minimum absolute atomic E-state index is 0.0223. The largest absolute Gasteiger partial charge is 0.378 e. The van der Waals surface area contributed by atoms with Crippen LogP contribution in [0.1, 0.15) is 49.9 Å². The summed E-state index contributed by atoms with van der Waals surface area (Å²) >= 11 is 0. The molecule has 2 N–H and O–H groups in total. The van der Waals surface area contributed by atoms with E-state index in [0.717, 1.165) is 12.8 Å². The number of benzene rings is 1. The summed E-state index contributed by atoms with van der Waals surface area (Å²) in [6.07, 6.45) is 4.41. The van der Waals surface area contributed by atoms with Crippen LogP contribution < -0.4 is 10.6 Å². The Labute approximate surface area is 147 Å². The maximum Gasteiger partial charge on any atom is 0.293 e. The molecule has 0 aromatic heterocycles. The van der Waals surface area contributed by atoms with E-state index in [4.69, 9.17) is 4.74 Å². The van der Waals surface area contributed by atoms with Crippen molar-refractivity contribution >= 4 is 17.3 Å². The third-order valence-electron chi connectivity index (χ3n) is 4.70. The number of ether oxygens (including phenoxy) is 1. The lowest BCUT2D eigenvalue weighted by atomic mass is 9.99. The van der Waals surface area contributed by atoms with Crippen molar-refractivity contribution in [1.82, 2.24) is 5.32 Å². The van der Waals surface area contributed by atoms with E-state index in [1.54, 1.807) is 12.1 Å². The van der Waals surface area contributed by atoms with E-state index in [2.05, 4.69) is 10.6 Å². The van der Waals surface area contributed by atoms with Crippen LogP contribution in [0.3, 0.4) is 0 Å². The Morgan fingerprint density at radius 3 is 2.72 bits per heavy atom. The lowest BCUT2D eigenvalue weighted by molar-refractivity contribution is -0.384. The average Bonchev–Trinajstić information content (AvgIpc) is 3.39. The molecule has 1 amide bonds. The zero-order chi connectivity index (χ0) is 18.0. The topological polar surface area (TPSA) is 93.5 Å². The number of nitro benzene ring substituents is 1. The van der Waals surface area contributed by atoms with Crippen molar-refractivity contribution in [2.75, 3.05) is 11.9 Å². The summed E-state index contributed by atoms with van der Waals surface area (Å²) < 4.78 is 5.81. The molecule has 1 aromatic rings. The van der Waals surface area contributed by atoms with Gasteiger partial charge in [0, 0.05) is 30.3 Å². The fourth-order valence-corrected chi connectivity index (χ4v) is 3.27. The third-order valence-corrected chi connectivity index (χ3v) is 4.70. The summed E-state index contributed by atoms with van der Waals surface area (Å²) in [5.41, 5.74) is 0.701. The van der Waals surface area contributed by atoms with Crippen LogP contribution in [0, 0.1) is 16.0 Å². The molecule has 1 aliphatic carbocycles. The van der Waals surface area contributed by atoms with Crippen LogP contribution in [0.15, 0.2) is 18.2 Å². The van der Waals surface area contributed by atoms with Crippen molar-refractivity contribution in [3.05, 3.63) is 33.9 Å². The Kier molecular flexibility index (Phi) is 5.22. The van der Waals surface area contributed by atoms with Crippen LogP contribution in [-0.2, 0) is 4.74 Å². The minimum Gasteiger partial charge on any atom is -0.378 e. The lowest BCUT2D eigenvalue weighted by Crippen LogP contribution is -2.35. The van der Waals surface area contributed by atoms with Crippen LogP contribution in [0.25, 0.3) is 0 Å². The van der Waals surface area contributed by atoms with E-state index in [1.165, 1.54) is 18.9 Å². The molecule has 1 heterocycles. The van der Waals surface area contributed by atoms with Crippen LogP contribution in [0.4, 0.5) is 11.4 Å². The van der Waals surface area contributed by atoms with Crippen LogP contribution in [0.2, 0.25) is 0 Å². The molecule has 3 rings (SSSR count). The number of nitrogens with zero attached hydrogens (tertiary/aromatic N) is 1. The number of amides is 1. The first-order chi connectivity index (χ1) is 11.9. The molecule has 25 heavy (non-hydrogen) atoms. The normalized spacial score (nSPS) is 23.3. The highest BCUT2D eigenvalue weighted by Gasteiger charge is 2.36. The number of rotatable bonds is 6. The number of carbonyl (C=O) groups is 1. The van der Waals surface area contributed by atoms with Gasteiger partial charge in [-0.2, -0.15) is 0 Å². The molecule has 2 atom stereocenters. The molecule has 136 valence electrons. The Hall–Kier alpha value is -2.15. The van der Waals surface area contributed by atoms with Crippen LogP contribution in [0.5, 0.6) is 0 Å². The van der Waals surface area contributed by atoms with E-state index in [-0.39, 0.29) is 29.8 Å². The Balaban J connectivity index is 1.73. The molecular weight excluding hydrogens is 322 g/mol. The van der Waals surface area contributed by atoms with Crippen molar-refractivity contribution in [2.24, 2.45) is 5.92 Å². The van der Waals surface area contributed by atoms with Crippen molar-refractivity contribution in [2.45, 2.75) is 57.7 Å². The molecule has 1 saturated carbocycles. The molecule has 7 heteroatoms. The summed E-state index contributed by atoms with van der Waals surface area (Å²) in [6.45, 7) is 4.38. The maximum absolute atomic E-state index is 12.1. The third kappa shape index (κ3) is 4.48. The lowest BCUT2D eigenvalue weighted by Gasteiger charge is -2.30.